The van der Waals surface area contributed by atoms with E-state index in [0.717, 1.165) is 54.5 Å². The van der Waals surface area contributed by atoms with Crippen molar-refractivity contribution < 1.29 is 22.7 Å². The smallest absolute Gasteiger partial charge is 0.226 e. The number of benzene rings is 3. The number of aryl methyl sites for hydroxylation is 1. The molecule has 5 fully saturated rings. The lowest BCUT2D eigenvalue weighted by Crippen LogP contribution is -2.41. The van der Waals surface area contributed by atoms with Gasteiger partial charge in [0, 0.05) is 84.1 Å². The molecule has 11 rings (SSSR count). The normalized spacial score (nSPS) is 24.2. The number of halogens is 5. The number of carbonyl (C=O) groups is 1. The molecule has 304 valence electrons. The van der Waals surface area contributed by atoms with Crippen molar-refractivity contribution in [2.45, 2.75) is 75.8 Å². The van der Waals surface area contributed by atoms with Crippen molar-refractivity contribution in [3.8, 4) is 17.2 Å². The first-order chi connectivity index (χ1) is 28.6. The molecule has 2 saturated carbocycles. The number of nitrogens with zero attached hydrogens (tertiary/aromatic N) is 5. The van der Waals surface area contributed by atoms with Crippen LogP contribution >= 0.6 is 23.2 Å². The van der Waals surface area contributed by atoms with Gasteiger partial charge in [-0.15, -0.1) is 0 Å². The summed E-state index contributed by atoms with van der Waals surface area (Å²) in [5, 5.41) is 15.5. The zero-order valence-electron chi connectivity index (χ0n) is 32.6. The lowest BCUT2D eigenvalue weighted by atomic mass is 9.79. The predicted molar refractivity (Wildman–Crippen MR) is 222 cm³/mol. The standard InChI is InChI=1S/C46H43Cl2F3N6O2/c1-55-15-12-24(13-16-55)42-31-20-38(37-19-28(22-56(37)46(58)25-10-11-25)59-23-32-34(49)8-3-9-35(32)50)57(44-27-18-36(44)53-21-27)45(31)30-17-26(5-4-14-52)39(41(51)43(30)54-42)29-6-2-7-33(47)40(29)48/h2-3,6-9,12,17,20,25,27-28,36-37,44,53H,4-5,10-11,13,15-16,18-19,21-23H2,1H3/t27-,28+,36-,37-,44+/m1/s1. The van der Waals surface area contributed by atoms with Crippen molar-refractivity contribution in [3.63, 3.8) is 0 Å². The summed E-state index contributed by atoms with van der Waals surface area (Å²) in [5.74, 6) is -1.57. The van der Waals surface area contributed by atoms with Crippen LogP contribution in [0.25, 0.3) is 38.5 Å². The van der Waals surface area contributed by atoms with Gasteiger partial charge in [-0.25, -0.2) is 18.2 Å². The first-order valence-corrected chi connectivity index (χ1v) is 21.3. The Morgan fingerprint density at radius 1 is 1.07 bits per heavy atom. The van der Waals surface area contributed by atoms with Crippen LogP contribution in [0.2, 0.25) is 10.0 Å². The number of nitriles is 1. The average Bonchev–Trinajstić information content (AvgIpc) is 3.50. The van der Waals surface area contributed by atoms with Crippen molar-refractivity contribution in [1.82, 2.24) is 24.7 Å². The zero-order valence-corrected chi connectivity index (χ0v) is 34.1. The molecule has 2 aromatic heterocycles. The van der Waals surface area contributed by atoms with Gasteiger partial charge in [0.1, 0.15) is 17.2 Å². The third-order valence-corrected chi connectivity index (χ3v) is 14.1. The van der Waals surface area contributed by atoms with Gasteiger partial charge >= 0.3 is 0 Å². The van der Waals surface area contributed by atoms with Gasteiger partial charge in [-0.2, -0.15) is 5.26 Å². The highest BCUT2D eigenvalue weighted by molar-refractivity contribution is 6.43. The van der Waals surface area contributed by atoms with Gasteiger partial charge in [-0.1, -0.05) is 47.5 Å². The maximum absolute atomic E-state index is 17.8. The maximum atomic E-state index is 17.8. The van der Waals surface area contributed by atoms with Crippen LogP contribution in [0, 0.1) is 40.6 Å². The summed E-state index contributed by atoms with van der Waals surface area (Å²) in [6, 6.07) is 15.1. The fraction of sp³-hybridized carbons (Fsp3) is 0.413. The number of hydrogen-bond acceptors (Lipinski definition) is 6. The van der Waals surface area contributed by atoms with Crippen molar-refractivity contribution in [3.05, 3.63) is 105 Å². The SMILES string of the molecule is CN1CC=C(c2nc3c(F)c(-c4cccc(Cl)c4Cl)c(CCC#N)cc3c3c2cc([C@H]2C[C@H](OCc4c(F)cccc4F)CN2C(=O)C2CC2)n3[C@H]2[C@H]3CN[C@@H]2C3)CC1. The van der Waals surface area contributed by atoms with E-state index < -0.39 is 29.6 Å². The molecular weight excluding hydrogens is 796 g/mol. The van der Waals surface area contributed by atoms with E-state index in [9.17, 15) is 18.8 Å². The summed E-state index contributed by atoms with van der Waals surface area (Å²) in [6.07, 6.45) is 5.91. The second-order valence-corrected chi connectivity index (χ2v) is 17.7. The molecule has 3 saturated heterocycles. The van der Waals surface area contributed by atoms with E-state index in [1.807, 2.05) is 11.0 Å². The van der Waals surface area contributed by atoms with Gasteiger partial charge < -0.3 is 24.4 Å². The van der Waals surface area contributed by atoms with Crippen molar-refractivity contribution in [2.75, 3.05) is 33.2 Å². The Hall–Kier alpha value is -4.44. The van der Waals surface area contributed by atoms with E-state index in [1.54, 1.807) is 18.2 Å². The number of rotatable bonds is 10. The highest BCUT2D eigenvalue weighted by atomic mass is 35.5. The first-order valence-electron chi connectivity index (χ1n) is 20.6. The second kappa shape index (κ2) is 15.2. The molecule has 5 aromatic rings. The number of likely N-dealkylation sites (N-methyl/N-ethyl adjacent to an activating group) is 1. The predicted octanol–water partition coefficient (Wildman–Crippen LogP) is 9.56. The maximum Gasteiger partial charge on any atom is 0.226 e. The first kappa shape index (κ1) is 38.7. The van der Waals surface area contributed by atoms with Crippen molar-refractivity contribution in [1.29, 1.82) is 5.26 Å². The quantitative estimate of drug-likeness (QED) is 0.151. The minimum Gasteiger partial charge on any atom is -0.371 e. The molecule has 0 spiro atoms. The van der Waals surface area contributed by atoms with Gasteiger partial charge in [0.05, 0.1) is 52.1 Å². The van der Waals surface area contributed by atoms with Gasteiger partial charge in [0.25, 0.3) is 0 Å². The summed E-state index contributed by atoms with van der Waals surface area (Å²) in [4.78, 5) is 23.6. The lowest BCUT2D eigenvalue weighted by molar-refractivity contribution is -0.134. The lowest BCUT2D eigenvalue weighted by Gasteiger charge is -2.39. The summed E-state index contributed by atoms with van der Waals surface area (Å²) < 4.78 is 55.9. The van der Waals surface area contributed by atoms with E-state index in [0.29, 0.717) is 52.5 Å². The Bertz CT molecular complexity index is 2590. The van der Waals surface area contributed by atoms with E-state index >= 15 is 4.39 Å². The minimum atomic E-state index is -0.671. The number of hydrogen-bond donors (Lipinski definition) is 1. The molecule has 6 heterocycles. The molecule has 6 aliphatic rings. The third-order valence-electron chi connectivity index (χ3n) is 13.3. The number of likely N-dealkylation sites (tertiary alicyclic amines) is 1. The number of ether oxygens (including phenoxy) is 1. The van der Waals surface area contributed by atoms with Crippen LogP contribution in [0.1, 0.15) is 73.1 Å². The number of carbonyl (C=O) groups excluding carboxylic acids is 1. The molecule has 0 unspecified atom stereocenters. The molecule has 8 nitrogen and oxygen atoms in total. The molecule has 2 bridgehead atoms. The number of fused-ring (bicyclic) bond motifs is 4. The van der Waals surface area contributed by atoms with E-state index in [4.69, 9.17) is 32.9 Å². The number of pyridine rings is 1. The molecule has 5 atom stereocenters. The third kappa shape index (κ3) is 6.63. The Balaban J connectivity index is 1.21. The topological polar surface area (TPSA) is 86.4 Å². The van der Waals surface area contributed by atoms with Crippen LogP contribution in [0.15, 0.2) is 54.6 Å². The Morgan fingerprint density at radius 3 is 2.56 bits per heavy atom. The number of aromatic nitrogens is 2. The summed E-state index contributed by atoms with van der Waals surface area (Å²) in [7, 11) is 2.07. The van der Waals surface area contributed by atoms with Crippen LogP contribution in [-0.4, -0.2) is 70.6 Å². The Kier molecular flexibility index (Phi) is 10.0. The van der Waals surface area contributed by atoms with Crippen LogP contribution < -0.4 is 5.32 Å². The highest BCUT2D eigenvalue weighted by Crippen LogP contribution is 2.52. The fourth-order valence-electron chi connectivity index (χ4n) is 10.1. The fourth-order valence-corrected chi connectivity index (χ4v) is 10.5. The van der Waals surface area contributed by atoms with E-state index in [2.05, 4.69) is 40.0 Å². The molecular formula is C46H43Cl2F3N6O2. The summed E-state index contributed by atoms with van der Waals surface area (Å²) in [5.41, 5.74) is 4.90. The molecule has 1 N–H and O–H groups in total. The minimum absolute atomic E-state index is 0.0328. The molecule has 1 amide bonds. The highest BCUT2D eigenvalue weighted by Gasteiger charge is 2.51. The van der Waals surface area contributed by atoms with Gasteiger partial charge in [0.15, 0.2) is 5.82 Å². The largest absolute Gasteiger partial charge is 0.371 e. The van der Waals surface area contributed by atoms with Gasteiger partial charge in [-0.05, 0) is 86.5 Å². The monoisotopic (exact) mass is 838 g/mol. The van der Waals surface area contributed by atoms with E-state index in [-0.39, 0.29) is 71.6 Å². The molecule has 0 radical (unpaired) electrons. The number of amides is 1. The zero-order chi connectivity index (χ0) is 40.7. The van der Waals surface area contributed by atoms with Crippen molar-refractivity contribution in [2.24, 2.45) is 11.8 Å². The van der Waals surface area contributed by atoms with Gasteiger partial charge in [-0.3, -0.25) is 4.79 Å². The molecule has 3 aromatic carbocycles. The number of nitrogens with one attached hydrogen (secondary N) is 1. The van der Waals surface area contributed by atoms with Crippen molar-refractivity contribution >= 4 is 56.5 Å². The average molecular weight is 840 g/mol. The summed E-state index contributed by atoms with van der Waals surface area (Å²) >= 11 is 13.3. The van der Waals surface area contributed by atoms with Crippen LogP contribution in [0.4, 0.5) is 13.2 Å². The Morgan fingerprint density at radius 2 is 1.86 bits per heavy atom. The van der Waals surface area contributed by atoms with E-state index in [1.165, 1.54) is 18.2 Å². The Labute approximate surface area is 350 Å². The van der Waals surface area contributed by atoms with Gasteiger partial charge in [0.2, 0.25) is 5.91 Å². The molecule has 4 aliphatic heterocycles. The molecule has 59 heavy (non-hydrogen) atoms. The summed E-state index contributed by atoms with van der Waals surface area (Å²) in [6.45, 7) is 2.40. The second-order valence-electron chi connectivity index (χ2n) is 16.9. The van der Waals surface area contributed by atoms with Crippen LogP contribution in [0.3, 0.4) is 0 Å². The molecule has 13 heteroatoms. The van der Waals surface area contributed by atoms with Crippen LogP contribution in [0.5, 0.6) is 0 Å². The molecule has 2 aliphatic carbocycles. The van der Waals surface area contributed by atoms with Crippen LogP contribution in [-0.2, 0) is 22.6 Å².